The number of hydrogen-bond acceptors (Lipinski definition) is 4. The quantitative estimate of drug-likeness (QED) is 0.861. The number of rotatable bonds is 4. The molecule has 1 amide bonds. The molecule has 1 aromatic heterocycles. The Bertz CT molecular complexity index is 873. The number of benzene rings is 1. The van der Waals surface area contributed by atoms with Gasteiger partial charge in [0, 0.05) is 18.3 Å². The Morgan fingerprint density at radius 2 is 2.04 bits per heavy atom. The average molecular weight is 376 g/mol. The highest BCUT2D eigenvalue weighted by Crippen LogP contribution is 2.27. The van der Waals surface area contributed by atoms with Crippen LogP contribution < -0.4 is 20.9 Å². The van der Waals surface area contributed by atoms with Crippen molar-refractivity contribution in [2.75, 3.05) is 25.5 Å². The Hall–Kier alpha value is -2.31. The fourth-order valence-corrected chi connectivity index (χ4v) is 3.37. The van der Waals surface area contributed by atoms with Crippen LogP contribution in [-0.2, 0) is 0 Å². The van der Waals surface area contributed by atoms with Crippen LogP contribution in [0, 0.1) is 6.92 Å². The fraction of sp³-hybridized carbons (Fsp3) is 0.368. The third-order valence-corrected chi connectivity index (χ3v) is 5.01. The number of pyridine rings is 1. The lowest BCUT2D eigenvalue weighted by Crippen LogP contribution is -2.37. The molecule has 0 spiro atoms. The van der Waals surface area contributed by atoms with E-state index in [0.29, 0.717) is 22.0 Å². The molecular weight excluding hydrogens is 354 g/mol. The van der Waals surface area contributed by atoms with Crippen molar-refractivity contribution in [3.8, 4) is 5.75 Å². The topological polar surface area (TPSA) is 72.4 Å². The zero-order chi connectivity index (χ0) is 18.7. The summed E-state index contributed by atoms with van der Waals surface area (Å²) in [5.74, 6) is 0.104. The van der Waals surface area contributed by atoms with Gasteiger partial charge in [0.25, 0.3) is 11.5 Å². The van der Waals surface area contributed by atoms with Gasteiger partial charge in [0.2, 0.25) is 0 Å². The van der Waals surface area contributed by atoms with E-state index in [0.717, 1.165) is 25.9 Å². The van der Waals surface area contributed by atoms with E-state index in [1.165, 1.54) is 7.11 Å². The Kier molecular flexibility index (Phi) is 5.64. The molecule has 1 fully saturated rings. The number of hydrogen-bond donors (Lipinski definition) is 2. The molecule has 0 aliphatic carbocycles. The number of piperidine rings is 1. The number of anilines is 1. The van der Waals surface area contributed by atoms with Crippen molar-refractivity contribution in [2.24, 2.45) is 0 Å². The van der Waals surface area contributed by atoms with E-state index in [2.05, 4.69) is 10.6 Å². The highest BCUT2D eigenvalue weighted by atomic mass is 35.5. The van der Waals surface area contributed by atoms with Gasteiger partial charge in [-0.25, -0.2) is 0 Å². The van der Waals surface area contributed by atoms with Gasteiger partial charge in [-0.3, -0.25) is 9.59 Å². The molecule has 6 nitrogen and oxygen atoms in total. The van der Waals surface area contributed by atoms with E-state index in [9.17, 15) is 9.59 Å². The van der Waals surface area contributed by atoms with E-state index < -0.39 is 5.91 Å². The predicted molar refractivity (Wildman–Crippen MR) is 103 cm³/mol. The fourth-order valence-electron chi connectivity index (χ4n) is 3.20. The molecule has 0 atom stereocenters. The molecule has 3 rings (SSSR count). The molecule has 138 valence electrons. The molecule has 1 saturated heterocycles. The second-order valence-electron chi connectivity index (χ2n) is 6.37. The first kappa shape index (κ1) is 18.5. The summed E-state index contributed by atoms with van der Waals surface area (Å²) in [5.41, 5.74) is 0.919. The van der Waals surface area contributed by atoms with Gasteiger partial charge in [0.15, 0.2) is 0 Å². The van der Waals surface area contributed by atoms with Gasteiger partial charge in [-0.2, -0.15) is 0 Å². The number of aromatic nitrogens is 1. The number of carbonyl (C=O) groups is 1. The van der Waals surface area contributed by atoms with Gasteiger partial charge < -0.3 is 19.9 Å². The SMILES string of the molecule is COc1ccc(Cl)c(NC(=O)c2c(C)ccn(C3CCNCC3)c2=O)c1. The van der Waals surface area contributed by atoms with Crippen LogP contribution in [0.1, 0.15) is 34.8 Å². The lowest BCUT2D eigenvalue weighted by molar-refractivity contribution is 0.102. The Morgan fingerprint density at radius 1 is 1.31 bits per heavy atom. The van der Waals surface area contributed by atoms with Crippen LogP contribution in [0.3, 0.4) is 0 Å². The molecular formula is C19H22ClN3O3. The Labute approximate surface area is 157 Å². The first-order chi connectivity index (χ1) is 12.5. The number of nitrogens with one attached hydrogen (secondary N) is 2. The van der Waals surface area contributed by atoms with Crippen LogP contribution in [0.25, 0.3) is 0 Å². The van der Waals surface area contributed by atoms with Crippen molar-refractivity contribution in [3.63, 3.8) is 0 Å². The first-order valence-electron chi connectivity index (χ1n) is 8.58. The monoisotopic (exact) mass is 375 g/mol. The second kappa shape index (κ2) is 7.93. The smallest absolute Gasteiger partial charge is 0.263 e. The maximum absolute atomic E-state index is 13.0. The van der Waals surface area contributed by atoms with Crippen molar-refractivity contribution in [3.05, 3.63) is 57.0 Å². The lowest BCUT2D eigenvalue weighted by Gasteiger charge is -2.25. The Morgan fingerprint density at radius 3 is 2.73 bits per heavy atom. The van der Waals surface area contributed by atoms with E-state index in [-0.39, 0.29) is 17.2 Å². The van der Waals surface area contributed by atoms with Crippen LogP contribution in [0.2, 0.25) is 5.02 Å². The first-order valence-corrected chi connectivity index (χ1v) is 8.96. The molecule has 2 aromatic rings. The standard InChI is InChI=1S/C19H22ClN3O3/c1-12-7-10-23(13-5-8-21-9-6-13)19(25)17(12)18(24)22-16-11-14(26-2)3-4-15(16)20/h3-4,7,10-11,13,21H,5-6,8-9H2,1-2H3,(H,22,24). The molecule has 2 heterocycles. The van der Waals surface area contributed by atoms with E-state index in [1.54, 1.807) is 35.9 Å². The largest absolute Gasteiger partial charge is 0.497 e. The number of nitrogens with zero attached hydrogens (tertiary/aromatic N) is 1. The lowest BCUT2D eigenvalue weighted by atomic mass is 10.0. The summed E-state index contributed by atoms with van der Waals surface area (Å²) in [6.45, 7) is 3.49. The van der Waals surface area contributed by atoms with Crippen LogP contribution in [-0.4, -0.2) is 30.7 Å². The van der Waals surface area contributed by atoms with E-state index in [4.69, 9.17) is 16.3 Å². The number of carbonyl (C=O) groups excluding carboxylic acids is 1. The highest BCUT2D eigenvalue weighted by Gasteiger charge is 2.22. The summed E-state index contributed by atoms with van der Waals surface area (Å²) in [4.78, 5) is 25.8. The van der Waals surface area contributed by atoms with Crippen LogP contribution in [0.5, 0.6) is 5.75 Å². The Balaban J connectivity index is 1.93. The predicted octanol–water partition coefficient (Wildman–Crippen LogP) is 3.00. The third kappa shape index (κ3) is 3.76. The van der Waals surface area contributed by atoms with E-state index >= 15 is 0 Å². The minimum Gasteiger partial charge on any atom is -0.497 e. The molecule has 0 saturated carbocycles. The van der Waals surface area contributed by atoms with Gasteiger partial charge in [0.05, 0.1) is 17.8 Å². The minimum absolute atomic E-state index is 0.108. The number of ether oxygens (including phenoxy) is 1. The van der Waals surface area contributed by atoms with Gasteiger partial charge in [-0.05, 0) is 56.6 Å². The molecule has 1 aliphatic rings. The average Bonchev–Trinajstić information content (AvgIpc) is 2.64. The molecule has 7 heteroatoms. The summed E-state index contributed by atoms with van der Waals surface area (Å²) in [6, 6.07) is 6.89. The minimum atomic E-state index is -0.467. The summed E-state index contributed by atoms with van der Waals surface area (Å²) in [5, 5.41) is 6.40. The molecule has 0 bridgehead atoms. The summed E-state index contributed by atoms with van der Waals surface area (Å²) in [6.07, 6.45) is 3.51. The van der Waals surface area contributed by atoms with Crippen LogP contribution >= 0.6 is 11.6 Å². The van der Waals surface area contributed by atoms with Gasteiger partial charge in [-0.1, -0.05) is 11.6 Å². The van der Waals surface area contributed by atoms with Crippen LogP contribution in [0.4, 0.5) is 5.69 Å². The number of amides is 1. The molecule has 0 radical (unpaired) electrons. The maximum Gasteiger partial charge on any atom is 0.263 e. The van der Waals surface area contributed by atoms with Crippen LogP contribution in [0.15, 0.2) is 35.3 Å². The maximum atomic E-state index is 13.0. The van der Waals surface area contributed by atoms with Crippen molar-refractivity contribution >= 4 is 23.2 Å². The van der Waals surface area contributed by atoms with E-state index in [1.807, 2.05) is 6.07 Å². The molecule has 0 unspecified atom stereocenters. The zero-order valence-corrected chi connectivity index (χ0v) is 15.6. The second-order valence-corrected chi connectivity index (χ2v) is 6.77. The summed E-state index contributed by atoms with van der Waals surface area (Å²) >= 11 is 6.16. The van der Waals surface area contributed by atoms with Crippen molar-refractivity contribution in [2.45, 2.75) is 25.8 Å². The van der Waals surface area contributed by atoms with Crippen molar-refractivity contribution < 1.29 is 9.53 Å². The van der Waals surface area contributed by atoms with Gasteiger partial charge >= 0.3 is 0 Å². The molecule has 26 heavy (non-hydrogen) atoms. The molecule has 1 aromatic carbocycles. The normalized spacial score (nSPS) is 14.9. The van der Waals surface area contributed by atoms with Gasteiger partial charge in [-0.15, -0.1) is 0 Å². The molecule has 1 aliphatic heterocycles. The summed E-state index contributed by atoms with van der Waals surface area (Å²) in [7, 11) is 1.54. The van der Waals surface area contributed by atoms with Gasteiger partial charge in [0.1, 0.15) is 11.3 Å². The number of aryl methyl sites for hydroxylation is 1. The number of methoxy groups -OCH3 is 1. The highest BCUT2D eigenvalue weighted by molar-refractivity contribution is 6.34. The molecule has 2 N–H and O–H groups in total. The zero-order valence-electron chi connectivity index (χ0n) is 14.8. The van der Waals surface area contributed by atoms with Crippen molar-refractivity contribution in [1.82, 2.24) is 9.88 Å². The number of halogens is 1. The summed E-state index contributed by atoms with van der Waals surface area (Å²) < 4.78 is 6.84. The third-order valence-electron chi connectivity index (χ3n) is 4.68. The van der Waals surface area contributed by atoms with Crippen molar-refractivity contribution in [1.29, 1.82) is 0 Å².